The van der Waals surface area contributed by atoms with Gasteiger partial charge in [-0.15, -0.1) is 0 Å². The zero-order valence-electron chi connectivity index (χ0n) is 11.5. The van der Waals surface area contributed by atoms with E-state index < -0.39 is 6.10 Å². The molecule has 2 aromatic carbocycles. The maximum absolute atomic E-state index is 12.9. The Labute approximate surface area is 141 Å². The molecule has 0 aliphatic carbocycles. The molecule has 0 radical (unpaired) electrons. The lowest BCUT2D eigenvalue weighted by molar-refractivity contribution is 0.0889. The van der Waals surface area contributed by atoms with Crippen LogP contribution in [0.4, 0.5) is 5.69 Å². The second-order valence-electron chi connectivity index (χ2n) is 4.93. The quantitative estimate of drug-likeness (QED) is 0.865. The molecule has 0 saturated heterocycles. The van der Waals surface area contributed by atoms with Gasteiger partial charge in [0.05, 0.1) is 29.4 Å². The number of hydrogen-bond donors (Lipinski definition) is 1. The Bertz CT molecular complexity index is 722. The van der Waals surface area contributed by atoms with Crippen molar-refractivity contribution in [2.75, 3.05) is 18.1 Å². The van der Waals surface area contributed by atoms with Crippen LogP contribution in [0.5, 0.6) is 5.75 Å². The first-order chi connectivity index (χ1) is 10.6. The summed E-state index contributed by atoms with van der Waals surface area (Å²) in [5.41, 5.74) is 1.08. The summed E-state index contributed by atoms with van der Waals surface area (Å²) < 4.78 is 6.44. The zero-order valence-corrected chi connectivity index (χ0v) is 13.8. The molecule has 0 unspecified atom stereocenters. The molecule has 1 N–H and O–H groups in total. The molecule has 1 amide bonds. The Morgan fingerprint density at radius 2 is 2.14 bits per heavy atom. The van der Waals surface area contributed by atoms with Gasteiger partial charge in [-0.3, -0.25) is 4.79 Å². The maximum atomic E-state index is 12.9. The third-order valence-electron chi connectivity index (χ3n) is 3.44. The predicted octanol–water partition coefficient (Wildman–Crippen LogP) is 3.50. The Kier molecular flexibility index (Phi) is 4.38. The number of fused-ring (bicyclic) bond motifs is 1. The molecule has 6 heteroatoms. The number of benzene rings is 2. The normalized spacial score (nSPS) is 16.9. The molecule has 22 heavy (non-hydrogen) atoms. The molecule has 0 bridgehead atoms. The summed E-state index contributed by atoms with van der Waals surface area (Å²) in [5.74, 6) is 0.354. The molecule has 0 aromatic heterocycles. The second-order valence-corrected chi connectivity index (χ2v) is 6.25. The van der Waals surface area contributed by atoms with E-state index in [9.17, 15) is 9.90 Å². The van der Waals surface area contributed by atoms with Gasteiger partial charge in [-0.2, -0.15) is 0 Å². The maximum Gasteiger partial charge on any atom is 0.260 e. The first-order valence-electron chi connectivity index (χ1n) is 6.73. The molecule has 0 fully saturated rings. The zero-order chi connectivity index (χ0) is 15.7. The van der Waals surface area contributed by atoms with E-state index in [4.69, 9.17) is 16.3 Å². The van der Waals surface area contributed by atoms with Gasteiger partial charge in [-0.25, -0.2) is 0 Å². The third kappa shape index (κ3) is 2.84. The van der Waals surface area contributed by atoms with Gasteiger partial charge >= 0.3 is 0 Å². The van der Waals surface area contributed by atoms with Crippen molar-refractivity contribution in [1.29, 1.82) is 0 Å². The minimum absolute atomic E-state index is 0.162. The number of hydrogen-bond acceptors (Lipinski definition) is 3. The van der Waals surface area contributed by atoms with Gasteiger partial charge in [0, 0.05) is 4.47 Å². The number of halogens is 2. The van der Waals surface area contributed by atoms with Crippen LogP contribution in [0.2, 0.25) is 5.02 Å². The molecule has 1 atom stereocenters. The molecule has 2 aromatic rings. The van der Waals surface area contributed by atoms with Crippen molar-refractivity contribution >= 4 is 39.1 Å². The van der Waals surface area contributed by atoms with E-state index >= 15 is 0 Å². The van der Waals surface area contributed by atoms with E-state index in [1.54, 1.807) is 29.2 Å². The highest BCUT2D eigenvalue weighted by molar-refractivity contribution is 9.10. The van der Waals surface area contributed by atoms with Gasteiger partial charge < -0.3 is 14.7 Å². The Hall–Kier alpha value is -1.56. The molecule has 0 saturated carbocycles. The van der Waals surface area contributed by atoms with Crippen molar-refractivity contribution < 1.29 is 14.6 Å². The van der Waals surface area contributed by atoms with Gasteiger partial charge in [0.25, 0.3) is 5.91 Å². The number of amides is 1. The fourth-order valence-corrected chi connectivity index (χ4v) is 2.95. The number of carbonyl (C=O) groups is 1. The van der Waals surface area contributed by atoms with Crippen LogP contribution in [0.1, 0.15) is 10.4 Å². The summed E-state index contributed by atoms with van der Waals surface area (Å²) >= 11 is 9.51. The molecule has 1 aliphatic heterocycles. The van der Waals surface area contributed by atoms with E-state index in [2.05, 4.69) is 15.9 Å². The number of aliphatic hydroxyl groups excluding tert-OH is 1. The van der Waals surface area contributed by atoms with Crippen molar-refractivity contribution in [3.63, 3.8) is 0 Å². The van der Waals surface area contributed by atoms with Crippen molar-refractivity contribution in [3.8, 4) is 5.75 Å². The fourth-order valence-electron chi connectivity index (χ4n) is 2.39. The Morgan fingerprint density at radius 1 is 1.36 bits per heavy atom. The molecule has 114 valence electrons. The smallest absolute Gasteiger partial charge is 0.260 e. The third-order valence-corrected chi connectivity index (χ3v) is 4.27. The average molecular weight is 383 g/mol. The van der Waals surface area contributed by atoms with Crippen LogP contribution < -0.4 is 9.64 Å². The summed E-state index contributed by atoms with van der Waals surface area (Å²) in [6.07, 6.45) is -0.454. The van der Waals surface area contributed by atoms with E-state index in [-0.39, 0.29) is 19.1 Å². The first kappa shape index (κ1) is 15.3. The molecule has 0 spiro atoms. The van der Waals surface area contributed by atoms with Crippen molar-refractivity contribution in [3.05, 3.63) is 57.5 Å². The number of nitrogens with zero attached hydrogens (tertiary/aromatic N) is 1. The summed E-state index contributed by atoms with van der Waals surface area (Å²) in [7, 11) is 0. The van der Waals surface area contributed by atoms with Crippen LogP contribution in [0.15, 0.2) is 46.9 Å². The number of para-hydroxylation sites is 2. The van der Waals surface area contributed by atoms with Crippen LogP contribution >= 0.6 is 27.5 Å². The molecule has 3 rings (SSSR count). The van der Waals surface area contributed by atoms with Gasteiger partial charge in [-0.05, 0) is 30.3 Å². The number of carbonyl (C=O) groups excluding carboxylic acids is 1. The van der Waals surface area contributed by atoms with E-state index in [0.29, 0.717) is 22.0 Å². The average Bonchev–Trinajstić information content (AvgIpc) is 2.55. The van der Waals surface area contributed by atoms with E-state index in [1.165, 1.54) is 0 Å². The molecular formula is C16H13BrClNO3. The van der Waals surface area contributed by atoms with Crippen LogP contribution in [0, 0.1) is 0 Å². The highest BCUT2D eigenvalue weighted by Gasteiger charge is 2.30. The fraction of sp³-hybridized carbons (Fsp3) is 0.188. The number of rotatable bonds is 2. The Balaban J connectivity index is 2.03. The van der Waals surface area contributed by atoms with E-state index in [0.717, 1.165) is 4.47 Å². The SMILES string of the molecule is O=C(c1cc(Br)ccc1Cl)N1C[C@@H](CO)Oc2ccccc21. The summed E-state index contributed by atoms with van der Waals surface area (Å²) in [4.78, 5) is 14.5. The van der Waals surface area contributed by atoms with Gasteiger partial charge in [0.1, 0.15) is 11.9 Å². The molecule has 4 nitrogen and oxygen atoms in total. The standard InChI is InChI=1S/C16H13BrClNO3/c17-10-5-6-13(18)12(7-10)16(21)19-8-11(9-20)22-15-4-2-1-3-14(15)19/h1-7,11,20H,8-9H2/t11-/m0/s1. The summed E-state index contributed by atoms with van der Waals surface area (Å²) in [5, 5.41) is 9.78. The molecule has 1 heterocycles. The molecule has 1 aliphatic rings. The summed E-state index contributed by atoms with van der Waals surface area (Å²) in [6.45, 7) is 0.111. The first-order valence-corrected chi connectivity index (χ1v) is 7.90. The van der Waals surface area contributed by atoms with Crippen molar-refractivity contribution in [2.24, 2.45) is 0 Å². The van der Waals surface area contributed by atoms with Crippen molar-refractivity contribution in [2.45, 2.75) is 6.10 Å². The number of ether oxygens (including phenoxy) is 1. The van der Waals surface area contributed by atoms with Gasteiger partial charge in [-0.1, -0.05) is 39.7 Å². The highest BCUT2D eigenvalue weighted by atomic mass is 79.9. The number of anilines is 1. The van der Waals surface area contributed by atoms with Gasteiger partial charge in [0.15, 0.2) is 0 Å². The number of aliphatic hydroxyl groups is 1. The predicted molar refractivity (Wildman–Crippen MR) is 88.8 cm³/mol. The van der Waals surface area contributed by atoms with Crippen LogP contribution in [0.3, 0.4) is 0 Å². The summed E-state index contributed by atoms with van der Waals surface area (Å²) in [6, 6.07) is 12.4. The lowest BCUT2D eigenvalue weighted by atomic mass is 10.1. The molecular weight excluding hydrogens is 370 g/mol. The van der Waals surface area contributed by atoms with Crippen LogP contribution in [0.25, 0.3) is 0 Å². The topological polar surface area (TPSA) is 49.8 Å². The van der Waals surface area contributed by atoms with Crippen molar-refractivity contribution in [1.82, 2.24) is 0 Å². The highest BCUT2D eigenvalue weighted by Crippen LogP contribution is 2.35. The second kappa shape index (κ2) is 6.28. The van der Waals surface area contributed by atoms with Gasteiger partial charge in [0.2, 0.25) is 0 Å². The van der Waals surface area contributed by atoms with Crippen LogP contribution in [-0.4, -0.2) is 30.3 Å². The lowest BCUT2D eigenvalue weighted by Gasteiger charge is -2.34. The minimum atomic E-state index is -0.454. The van der Waals surface area contributed by atoms with Crippen LogP contribution in [-0.2, 0) is 0 Å². The Morgan fingerprint density at radius 3 is 2.91 bits per heavy atom. The minimum Gasteiger partial charge on any atom is -0.484 e. The lowest BCUT2D eigenvalue weighted by Crippen LogP contribution is -2.45. The monoisotopic (exact) mass is 381 g/mol. The largest absolute Gasteiger partial charge is 0.484 e. The van der Waals surface area contributed by atoms with E-state index in [1.807, 2.05) is 18.2 Å².